The van der Waals surface area contributed by atoms with Gasteiger partial charge in [0.15, 0.2) is 0 Å². The molecule has 2 rings (SSSR count). The second-order valence-corrected chi connectivity index (χ2v) is 4.89. The van der Waals surface area contributed by atoms with Gasteiger partial charge in [0.2, 0.25) is 0 Å². The van der Waals surface area contributed by atoms with Gasteiger partial charge in [-0.05, 0) is 18.2 Å². The third-order valence-corrected chi connectivity index (χ3v) is 3.65. The summed E-state index contributed by atoms with van der Waals surface area (Å²) in [6.45, 7) is 0. The molecule has 8 heteroatoms. The van der Waals surface area contributed by atoms with E-state index in [1.165, 1.54) is 19.2 Å². The molecule has 0 aliphatic heterocycles. The van der Waals surface area contributed by atoms with Gasteiger partial charge >= 0.3 is 0 Å². The fourth-order valence-corrected chi connectivity index (χ4v) is 2.26. The summed E-state index contributed by atoms with van der Waals surface area (Å²) in [6, 6.07) is 4.57. The molecular formula is C8H9N3O2S2Y-2. The van der Waals surface area contributed by atoms with Crippen LogP contribution in [0.1, 0.15) is 0 Å². The molecule has 0 atom stereocenters. The van der Waals surface area contributed by atoms with E-state index in [4.69, 9.17) is 0 Å². The predicted octanol–water partition coefficient (Wildman–Crippen LogP) is 1.83. The van der Waals surface area contributed by atoms with Crippen molar-refractivity contribution in [3.05, 3.63) is 30.3 Å². The summed E-state index contributed by atoms with van der Waals surface area (Å²) < 4.78 is 33.9. The molecule has 0 bridgehead atoms. The third-order valence-electron chi connectivity index (χ3n) is 1.76. The predicted molar refractivity (Wildman–Crippen MR) is 60.3 cm³/mol. The zero-order valence-electron chi connectivity index (χ0n) is 8.78. The monoisotopic (exact) mass is 332 g/mol. The van der Waals surface area contributed by atoms with Gasteiger partial charge in [0.1, 0.15) is 21.1 Å². The molecule has 0 saturated carbocycles. The average Bonchev–Trinajstić information content (AvgIpc) is 2.64. The standard InChI is InChI=1S/C7H6N3O2S2.CH3.Y/c1-8-14(11,12)5-2-3-6-7(4-5)10-13-9-6;;/h2-4H,1H3;1H3;/q2*-1;. The molecule has 0 spiro atoms. The molecule has 1 radical (unpaired) electrons. The summed E-state index contributed by atoms with van der Waals surface area (Å²) in [4.78, 5) is 0.153. The molecule has 85 valence electrons. The average molecular weight is 332 g/mol. The van der Waals surface area contributed by atoms with Crippen LogP contribution in [0.25, 0.3) is 15.8 Å². The maximum absolute atomic E-state index is 11.4. The van der Waals surface area contributed by atoms with Crippen LogP contribution in [0.4, 0.5) is 0 Å². The van der Waals surface area contributed by atoms with Crippen LogP contribution >= 0.6 is 11.7 Å². The van der Waals surface area contributed by atoms with Crippen molar-refractivity contribution in [1.82, 2.24) is 8.75 Å². The Bertz CT molecular complexity index is 567. The van der Waals surface area contributed by atoms with Crippen LogP contribution in [-0.4, -0.2) is 24.2 Å². The summed E-state index contributed by atoms with van der Waals surface area (Å²) in [6.07, 6.45) is 0. The molecular weight excluding hydrogens is 323 g/mol. The zero-order valence-corrected chi connectivity index (χ0v) is 13.3. The SMILES string of the molecule is C[N-]S(=O)(=O)c1ccc2nsnc2c1.[CH3-].[Y]. The summed E-state index contributed by atoms with van der Waals surface area (Å²) in [5, 5.41) is 0. The normalized spacial score (nSPS) is 10.6. The van der Waals surface area contributed by atoms with Crippen LogP contribution in [-0.2, 0) is 42.7 Å². The number of fused-ring (bicyclic) bond motifs is 1. The molecule has 2 aromatic rings. The van der Waals surface area contributed by atoms with Crippen molar-refractivity contribution in [2.75, 3.05) is 7.05 Å². The summed E-state index contributed by atoms with van der Waals surface area (Å²) in [7, 11) is -2.26. The van der Waals surface area contributed by atoms with Gasteiger partial charge in [-0.25, -0.2) is 8.42 Å². The molecule has 1 aromatic carbocycles. The van der Waals surface area contributed by atoms with E-state index in [-0.39, 0.29) is 45.0 Å². The van der Waals surface area contributed by atoms with Crippen molar-refractivity contribution in [2.45, 2.75) is 4.90 Å². The first-order valence-corrected chi connectivity index (χ1v) is 5.89. The minimum absolute atomic E-state index is 0. The van der Waals surface area contributed by atoms with Crippen molar-refractivity contribution >= 4 is 32.8 Å². The number of nitrogens with zero attached hydrogens (tertiary/aromatic N) is 3. The first-order valence-electron chi connectivity index (χ1n) is 3.72. The van der Waals surface area contributed by atoms with Gasteiger partial charge in [-0.3, -0.25) is 0 Å². The van der Waals surface area contributed by atoms with Gasteiger partial charge in [0.05, 0.1) is 16.6 Å². The first kappa shape index (κ1) is 16.1. The molecule has 5 nitrogen and oxygen atoms in total. The summed E-state index contributed by atoms with van der Waals surface area (Å²) in [5.41, 5.74) is 1.28. The molecule has 0 fully saturated rings. The van der Waals surface area contributed by atoms with Crippen LogP contribution in [0.15, 0.2) is 23.1 Å². The van der Waals surface area contributed by atoms with Crippen molar-refractivity contribution in [2.24, 2.45) is 0 Å². The van der Waals surface area contributed by atoms with E-state index >= 15 is 0 Å². The van der Waals surface area contributed by atoms with Crippen LogP contribution in [0.5, 0.6) is 0 Å². The van der Waals surface area contributed by atoms with Crippen molar-refractivity contribution < 1.29 is 41.1 Å². The van der Waals surface area contributed by atoms with Gasteiger partial charge in [-0.2, -0.15) is 15.8 Å². The van der Waals surface area contributed by atoms with E-state index in [9.17, 15) is 8.42 Å². The van der Waals surface area contributed by atoms with Crippen molar-refractivity contribution in [3.63, 3.8) is 0 Å². The first-order chi connectivity index (χ1) is 6.63. The molecule has 0 aliphatic rings. The van der Waals surface area contributed by atoms with Crippen LogP contribution in [0.2, 0.25) is 0 Å². The summed E-state index contributed by atoms with van der Waals surface area (Å²) in [5.74, 6) is 0. The maximum Gasteiger partial charge on any atom is 0.106 e. The second-order valence-electron chi connectivity index (χ2n) is 2.57. The molecule has 0 N–H and O–H groups in total. The third kappa shape index (κ3) is 3.04. The van der Waals surface area contributed by atoms with Crippen molar-refractivity contribution in [1.29, 1.82) is 0 Å². The number of sulfonamides is 1. The van der Waals surface area contributed by atoms with E-state index in [1.54, 1.807) is 6.07 Å². The van der Waals surface area contributed by atoms with Gasteiger partial charge in [-0.15, -0.1) is 0 Å². The zero-order chi connectivity index (χ0) is 10.2. The minimum Gasteiger partial charge on any atom is -0.547 e. The Morgan fingerprint density at radius 1 is 1.25 bits per heavy atom. The Morgan fingerprint density at radius 3 is 2.50 bits per heavy atom. The Labute approximate surface area is 124 Å². The topological polar surface area (TPSA) is 74.0 Å². The fraction of sp³-hybridized carbons (Fsp3) is 0.125. The Hall–Kier alpha value is 0.0539. The minimum atomic E-state index is -3.51. The van der Waals surface area contributed by atoms with E-state index in [0.717, 1.165) is 11.7 Å². The van der Waals surface area contributed by atoms with Gasteiger partial charge in [-0.1, -0.05) is 0 Å². The number of hydrogen-bond acceptors (Lipinski definition) is 5. The van der Waals surface area contributed by atoms with Crippen LogP contribution in [0, 0.1) is 7.43 Å². The quantitative estimate of drug-likeness (QED) is 0.787. The molecule has 0 saturated heterocycles. The van der Waals surface area contributed by atoms with Gasteiger partial charge in [0, 0.05) is 32.7 Å². The van der Waals surface area contributed by atoms with E-state index in [2.05, 4.69) is 13.5 Å². The second kappa shape index (κ2) is 6.11. The number of benzene rings is 1. The molecule has 0 amide bonds. The number of hydrogen-bond donors (Lipinski definition) is 0. The van der Waals surface area contributed by atoms with Gasteiger partial charge < -0.3 is 12.1 Å². The van der Waals surface area contributed by atoms with Gasteiger partial charge in [0.25, 0.3) is 0 Å². The molecule has 0 aliphatic carbocycles. The van der Waals surface area contributed by atoms with E-state index < -0.39 is 10.0 Å². The Balaban J connectivity index is 0.00000112. The molecule has 1 heterocycles. The fourth-order valence-electron chi connectivity index (χ4n) is 1.03. The Kier molecular flexibility index (Phi) is 6.13. The molecule has 16 heavy (non-hydrogen) atoms. The largest absolute Gasteiger partial charge is 0.547 e. The molecule has 1 aromatic heterocycles. The smallest absolute Gasteiger partial charge is 0.106 e. The van der Waals surface area contributed by atoms with Crippen molar-refractivity contribution in [3.8, 4) is 0 Å². The summed E-state index contributed by atoms with van der Waals surface area (Å²) >= 11 is 1.05. The molecule has 0 unspecified atom stereocenters. The number of rotatable bonds is 2. The van der Waals surface area contributed by atoms with Crippen LogP contribution in [0.3, 0.4) is 0 Å². The number of aromatic nitrogens is 2. The van der Waals surface area contributed by atoms with E-state index in [1.807, 2.05) is 0 Å². The Morgan fingerprint density at radius 2 is 1.88 bits per heavy atom. The van der Waals surface area contributed by atoms with Crippen LogP contribution < -0.4 is 0 Å². The maximum atomic E-state index is 11.4. The van der Waals surface area contributed by atoms with E-state index in [0.29, 0.717) is 11.0 Å².